The molecule has 0 saturated heterocycles. The van der Waals surface area contributed by atoms with Crippen molar-refractivity contribution in [3.05, 3.63) is 36.6 Å². The topological polar surface area (TPSA) is 3.24 Å². The maximum Gasteiger partial charge on any atom is 0.0290 e. The Labute approximate surface area is 110 Å². The molecule has 0 aromatic carbocycles. The van der Waals surface area contributed by atoms with Crippen LogP contribution < -0.4 is 0 Å². The fraction of sp³-hybridized carbons (Fsp3) is 0.625. The van der Waals surface area contributed by atoms with Crippen molar-refractivity contribution in [1.82, 2.24) is 4.90 Å². The van der Waals surface area contributed by atoms with Crippen molar-refractivity contribution >= 4 is 0 Å². The molecule has 0 fully saturated rings. The summed E-state index contributed by atoms with van der Waals surface area (Å²) in [6, 6.07) is 0. The average molecular weight is 239 g/mol. The molecule has 0 aliphatic carbocycles. The van der Waals surface area contributed by atoms with E-state index in [0.717, 1.165) is 17.8 Å². The van der Waals surface area contributed by atoms with E-state index in [1.165, 1.54) is 12.8 Å². The van der Waals surface area contributed by atoms with E-state index in [1.54, 1.807) is 0 Å². The van der Waals surface area contributed by atoms with Crippen LogP contribution in [-0.4, -0.2) is 18.5 Å². The first kappa shape index (κ1) is 21.3. The van der Waals surface area contributed by atoms with Crippen LogP contribution in [0.1, 0.15) is 54.4 Å². The predicted octanol–water partition coefficient (Wildman–Crippen LogP) is 5.42. The van der Waals surface area contributed by atoms with Gasteiger partial charge in [0.25, 0.3) is 0 Å². The second kappa shape index (κ2) is 17.4. The summed E-state index contributed by atoms with van der Waals surface area (Å²) in [6.07, 6.45) is 6.45. The normalized spacial score (nSPS) is 8.65. The maximum absolute atomic E-state index is 3.98. The largest absolute Gasteiger partial charge is 0.375 e. The van der Waals surface area contributed by atoms with Gasteiger partial charge >= 0.3 is 0 Å². The van der Waals surface area contributed by atoms with E-state index in [9.17, 15) is 0 Å². The number of allylic oxidation sites excluding steroid dienone is 3. The van der Waals surface area contributed by atoms with Crippen LogP contribution in [-0.2, 0) is 0 Å². The van der Waals surface area contributed by atoms with E-state index >= 15 is 0 Å². The minimum atomic E-state index is 1.05. The van der Waals surface area contributed by atoms with Crippen molar-refractivity contribution in [2.24, 2.45) is 0 Å². The monoisotopic (exact) mass is 239 g/mol. The number of unbranched alkanes of at least 4 members (excludes halogenated alkanes) is 1. The van der Waals surface area contributed by atoms with Crippen LogP contribution in [0.2, 0.25) is 0 Å². The van der Waals surface area contributed by atoms with Crippen LogP contribution in [0, 0.1) is 0 Å². The van der Waals surface area contributed by atoms with Crippen molar-refractivity contribution in [2.45, 2.75) is 54.4 Å². The Morgan fingerprint density at radius 1 is 1.06 bits per heavy atom. The van der Waals surface area contributed by atoms with Gasteiger partial charge in [0.15, 0.2) is 0 Å². The third-order valence-corrected chi connectivity index (χ3v) is 1.90. The zero-order valence-corrected chi connectivity index (χ0v) is 13.1. The standard InChI is InChI=1S/C12H21N.2C2H6/c1-6-7-10-13(5)12(4)9-8-11(2)3;2*1-2/h8-9H,2,4,6-7,10H2,1,3,5H3;2*1-2H3/b9-8-;;. The molecule has 0 aliphatic heterocycles. The average Bonchev–Trinajstić information content (AvgIpc) is 2.37. The van der Waals surface area contributed by atoms with Crippen LogP contribution in [0.25, 0.3) is 0 Å². The van der Waals surface area contributed by atoms with E-state index in [1.807, 2.05) is 46.8 Å². The zero-order valence-electron chi connectivity index (χ0n) is 13.1. The minimum Gasteiger partial charge on any atom is -0.375 e. The number of hydrogen-bond acceptors (Lipinski definition) is 1. The van der Waals surface area contributed by atoms with Gasteiger partial charge in [-0.3, -0.25) is 0 Å². The fourth-order valence-corrected chi connectivity index (χ4v) is 0.905. The lowest BCUT2D eigenvalue weighted by Gasteiger charge is -2.18. The summed E-state index contributed by atoms with van der Waals surface area (Å²) in [6.45, 7) is 21.0. The van der Waals surface area contributed by atoms with Gasteiger partial charge in [0.2, 0.25) is 0 Å². The SMILES string of the molecule is C=C(C)/C=C\C(=C)N(C)CCCC.CC.CC. The lowest BCUT2D eigenvalue weighted by Crippen LogP contribution is -2.16. The molecule has 0 heterocycles. The van der Waals surface area contributed by atoms with Gasteiger partial charge in [-0.2, -0.15) is 0 Å². The van der Waals surface area contributed by atoms with Gasteiger partial charge in [0, 0.05) is 19.3 Å². The van der Waals surface area contributed by atoms with Crippen molar-refractivity contribution in [1.29, 1.82) is 0 Å². The van der Waals surface area contributed by atoms with E-state index < -0.39 is 0 Å². The van der Waals surface area contributed by atoms with Crippen LogP contribution in [0.5, 0.6) is 0 Å². The van der Waals surface area contributed by atoms with Crippen LogP contribution in [0.15, 0.2) is 36.6 Å². The summed E-state index contributed by atoms with van der Waals surface area (Å²) in [5.74, 6) is 0. The second-order valence-electron chi connectivity index (χ2n) is 3.45. The molecule has 0 N–H and O–H groups in total. The Kier molecular flexibility index (Phi) is 21.8. The lowest BCUT2D eigenvalue weighted by molar-refractivity contribution is 0.419. The molecule has 0 atom stereocenters. The van der Waals surface area contributed by atoms with Gasteiger partial charge < -0.3 is 4.90 Å². The Hall–Kier alpha value is -0.980. The summed E-state index contributed by atoms with van der Waals surface area (Å²) in [4.78, 5) is 2.17. The van der Waals surface area contributed by atoms with Crippen molar-refractivity contribution in [3.8, 4) is 0 Å². The Morgan fingerprint density at radius 3 is 1.88 bits per heavy atom. The fourth-order valence-electron chi connectivity index (χ4n) is 0.905. The molecule has 0 aromatic rings. The Bertz CT molecular complexity index is 202. The van der Waals surface area contributed by atoms with Crippen LogP contribution in [0.3, 0.4) is 0 Å². The van der Waals surface area contributed by atoms with Crippen LogP contribution >= 0.6 is 0 Å². The molecule has 0 aromatic heterocycles. The first-order chi connectivity index (χ1) is 8.07. The second-order valence-corrected chi connectivity index (χ2v) is 3.45. The molecular formula is C16H33N. The Morgan fingerprint density at radius 2 is 1.53 bits per heavy atom. The van der Waals surface area contributed by atoms with E-state index in [2.05, 4.69) is 32.0 Å². The highest BCUT2D eigenvalue weighted by molar-refractivity contribution is 5.21. The van der Waals surface area contributed by atoms with Gasteiger partial charge in [0.05, 0.1) is 0 Å². The number of hydrogen-bond donors (Lipinski definition) is 0. The van der Waals surface area contributed by atoms with Crippen molar-refractivity contribution < 1.29 is 0 Å². The third-order valence-electron chi connectivity index (χ3n) is 1.90. The number of likely N-dealkylation sites (N-methyl/N-ethyl adjacent to an activating group) is 1. The summed E-state index contributed by atoms with van der Waals surface area (Å²) in [7, 11) is 2.07. The smallest absolute Gasteiger partial charge is 0.0290 e. The van der Waals surface area contributed by atoms with Crippen LogP contribution in [0.4, 0.5) is 0 Å². The lowest BCUT2D eigenvalue weighted by atomic mass is 10.2. The van der Waals surface area contributed by atoms with Gasteiger partial charge in [-0.25, -0.2) is 0 Å². The predicted molar refractivity (Wildman–Crippen MR) is 83.3 cm³/mol. The van der Waals surface area contributed by atoms with E-state index in [0.29, 0.717) is 0 Å². The molecule has 102 valence electrons. The summed E-state index contributed by atoms with van der Waals surface area (Å²) >= 11 is 0. The summed E-state index contributed by atoms with van der Waals surface area (Å²) in [5, 5.41) is 0. The molecule has 0 unspecified atom stereocenters. The van der Waals surface area contributed by atoms with Gasteiger partial charge in [-0.1, -0.05) is 65.8 Å². The molecule has 0 bridgehead atoms. The highest BCUT2D eigenvalue weighted by Crippen LogP contribution is 2.04. The number of rotatable bonds is 6. The molecule has 0 saturated carbocycles. The van der Waals surface area contributed by atoms with Crippen molar-refractivity contribution in [3.63, 3.8) is 0 Å². The molecule has 0 rings (SSSR count). The van der Waals surface area contributed by atoms with E-state index in [-0.39, 0.29) is 0 Å². The highest BCUT2D eigenvalue weighted by atomic mass is 15.1. The summed E-state index contributed by atoms with van der Waals surface area (Å²) < 4.78 is 0. The molecule has 0 spiro atoms. The minimum absolute atomic E-state index is 1.05. The van der Waals surface area contributed by atoms with Crippen molar-refractivity contribution in [2.75, 3.05) is 13.6 Å². The quantitative estimate of drug-likeness (QED) is 0.560. The molecule has 1 nitrogen and oxygen atoms in total. The molecule has 0 radical (unpaired) electrons. The number of nitrogens with zero attached hydrogens (tertiary/aromatic N) is 1. The zero-order chi connectivity index (χ0) is 14.3. The third kappa shape index (κ3) is 17.6. The first-order valence-electron chi connectivity index (χ1n) is 6.81. The van der Waals surface area contributed by atoms with Gasteiger partial charge in [0.1, 0.15) is 0 Å². The molecule has 0 aliphatic rings. The van der Waals surface area contributed by atoms with Gasteiger partial charge in [-0.05, 0) is 19.4 Å². The van der Waals surface area contributed by atoms with Gasteiger partial charge in [-0.15, -0.1) is 0 Å². The van der Waals surface area contributed by atoms with E-state index in [4.69, 9.17) is 0 Å². The summed E-state index contributed by atoms with van der Waals surface area (Å²) in [5.41, 5.74) is 2.11. The molecular weight excluding hydrogens is 206 g/mol. The Balaban J connectivity index is -0.000000439. The maximum atomic E-state index is 3.98. The first-order valence-corrected chi connectivity index (χ1v) is 6.81. The molecule has 0 amide bonds. The molecule has 1 heteroatoms. The highest BCUT2D eigenvalue weighted by Gasteiger charge is 1.96. The molecule has 17 heavy (non-hydrogen) atoms.